The monoisotopic (exact) mass is 596 g/mol. The van der Waals surface area contributed by atoms with Crippen molar-refractivity contribution in [3.63, 3.8) is 0 Å². The van der Waals surface area contributed by atoms with Crippen LogP contribution in [0.4, 0.5) is 11.5 Å². The number of ether oxygens (including phenoxy) is 1. The van der Waals surface area contributed by atoms with Gasteiger partial charge < -0.3 is 20.5 Å². The Labute approximate surface area is 239 Å². The van der Waals surface area contributed by atoms with Crippen molar-refractivity contribution in [2.24, 2.45) is 0 Å². The molecule has 3 N–H and O–H groups in total. The minimum atomic E-state index is -0.548. The highest BCUT2D eigenvalue weighted by Crippen LogP contribution is 2.36. The first-order valence-corrected chi connectivity index (χ1v) is 13.9. The molecule has 4 rings (SSSR count). The van der Waals surface area contributed by atoms with Gasteiger partial charge in [-0.3, -0.25) is 14.5 Å². The van der Waals surface area contributed by atoms with Crippen LogP contribution >= 0.6 is 46.1 Å². The van der Waals surface area contributed by atoms with Crippen molar-refractivity contribution in [2.75, 3.05) is 24.8 Å². The standard InChI is InChI=1S/C26H27Cl3N4O4S/c1-33(17-4-6-18(34)7-5-17)12-14-13-38-24(22(14)29)26(36)32-23-19(9-16(28)10-20(23)37-2)25(35)31-21-8-3-15(27)11-30-21/h3,8-11,13,17-18,34H,4-7,12H2,1-2H3,(H,32,36)(H,30,31,35). The fraction of sp³-hybridized carbons (Fsp3) is 0.346. The Morgan fingerprint density at radius 2 is 1.84 bits per heavy atom. The number of aliphatic hydroxyl groups excluding tert-OH is 1. The van der Waals surface area contributed by atoms with Crippen LogP contribution in [0.1, 0.15) is 51.3 Å². The number of aliphatic hydroxyl groups is 1. The summed E-state index contributed by atoms with van der Waals surface area (Å²) in [5.41, 5.74) is 1.08. The number of hydrogen-bond acceptors (Lipinski definition) is 7. The molecule has 2 amide bonds. The molecule has 202 valence electrons. The van der Waals surface area contributed by atoms with E-state index in [4.69, 9.17) is 39.5 Å². The molecule has 1 aromatic carbocycles. The van der Waals surface area contributed by atoms with Gasteiger partial charge in [0.05, 0.1) is 34.5 Å². The maximum absolute atomic E-state index is 13.3. The van der Waals surface area contributed by atoms with Crippen molar-refractivity contribution in [2.45, 2.75) is 44.4 Å². The van der Waals surface area contributed by atoms with Gasteiger partial charge in [0, 0.05) is 29.9 Å². The third-order valence-electron chi connectivity index (χ3n) is 6.45. The maximum Gasteiger partial charge on any atom is 0.267 e. The van der Waals surface area contributed by atoms with Crippen molar-refractivity contribution >= 4 is 69.5 Å². The second-order valence-corrected chi connectivity index (χ2v) is 11.2. The molecule has 0 bridgehead atoms. The molecule has 0 saturated heterocycles. The van der Waals surface area contributed by atoms with E-state index in [-0.39, 0.29) is 33.9 Å². The van der Waals surface area contributed by atoms with Crippen molar-refractivity contribution in [3.05, 3.63) is 66.9 Å². The summed E-state index contributed by atoms with van der Waals surface area (Å²) in [6.45, 7) is 0.579. The summed E-state index contributed by atoms with van der Waals surface area (Å²) >= 11 is 20.0. The first-order chi connectivity index (χ1) is 18.2. The van der Waals surface area contributed by atoms with Crippen LogP contribution in [0.5, 0.6) is 5.75 Å². The Morgan fingerprint density at radius 3 is 2.50 bits per heavy atom. The summed E-state index contributed by atoms with van der Waals surface area (Å²) in [5, 5.41) is 18.1. The van der Waals surface area contributed by atoms with Gasteiger partial charge in [0.1, 0.15) is 16.4 Å². The average molecular weight is 598 g/mol. The molecule has 38 heavy (non-hydrogen) atoms. The predicted molar refractivity (Wildman–Crippen MR) is 152 cm³/mol. The van der Waals surface area contributed by atoms with Crippen molar-refractivity contribution in [3.8, 4) is 5.75 Å². The molecule has 8 nitrogen and oxygen atoms in total. The van der Waals surface area contributed by atoms with E-state index < -0.39 is 11.8 Å². The minimum absolute atomic E-state index is 0.0894. The molecule has 2 aromatic heterocycles. The van der Waals surface area contributed by atoms with Crippen LogP contribution < -0.4 is 15.4 Å². The number of carbonyl (C=O) groups is 2. The number of aromatic nitrogens is 1. The molecule has 0 radical (unpaired) electrons. The van der Waals surface area contributed by atoms with E-state index >= 15 is 0 Å². The molecular weight excluding hydrogens is 571 g/mol. The second kappa shape index (κ2) is 12.6. The average Bonchev–Trinajstić information content (AvgIpc) is 3.26. The number of anilines is 2. The molecule has 1 aliphatic rings. The summed E-state index contributed by atoms with van der Waals surface area (Å²) in [7, 11) is 3.44. The third kappa shape index (κ3) is 6.77. The Kier molecular flexibility index (Phi) is 9.51. The summed E-state index contributed by atoms with van der Waals surface area (Å²) in [6, 6.07) is 6.44. The highest BCUT2D eigenvalue weighted by molar-refractivity contribution is 7.13. The number of halogens is 3. The fourth-order valence-corrected chi connectivity index (χ4v) is 5.95. The molecule has 0 spiro atoms. The Bertz CT molecular complexity index is 1310. The number of hydrogen-bond donors (Lipinski definition) is 3. The van der Waals surface area contributed by atoms with Gasteiger partial charge in [0.25, 0.3) is 11.8 Å². The number of carbonyl (C=O) groups excluding carboxylic acids is 2. The van der Waals surface area contributed by atoms with Gasteiger partial charge in [0.15, 0.2) is 0 Å². The smallest absolute Gasteiger partial charge is 0.267 e. The quantitative estimate of drug-likeness (QED) is 0.280. The first-order valence-electron chi connectivity index (χ1n) is 11.9. The zero-order valence-electron chi connectivity index (χ0n) is 20.8. The molecule has 2 heterocycles. The van der Waals surface area contributed by atoms with Crippen molar-refractivity contribution in [1.82, 2.24) is 9.88 Å². The van der Waals surface area contributed by atoms with Gasteiger partial charge in [0.2, 0.25) is 0 Å². The number of nitrogens with zero attached hydrogens (tertiary/aromatic N) is 2. The van der Waals surface area contributed by atoms with Crippen molar-refractivity contribution < 1.29 is 19.4 Å². The zero-order valence-corrected chi connectivity index (χ0v) is 23.8. The van der Waals surface area contributed by atoms with E-state index in [2.05, 4.69) is 20.5 Å². The third-order valence-corrected chi connectivity index (χ3v) is 8.47. The van der Waals surface area contributed by atoms with Crippen LogP contribution in [0.2, 0.25) is 15.1 Å². The van der Waals surface area contributed by atoms with E-state index in [0.29, 0.717) is 27.5 Å². The molecular formula is C26H27Cl3N4O4S. The molecule has 3 aromatic rings. The largest absolute Gasteiger partial charge is 0.494 e. The molecule has 1 fully saturated rings. The number of amides is 2. The van der Waals surface area contributed by atoms with E-state index in [1.54, 1.807) is 12.1 Å². The summed E-state index contributed by atoms with van der Waals surface area (Å²) in [5.74, 6) is -0.535. The second-order valence-electron chi connectivity index (χ2n) is 9.08. The Morgan fingerprint density at radius 1 is 1.11 bits per heavy atom. The van der Waals surface area contributed by atoms with E-state index in [1.165, 1.54) is 36.8 Å². The molecule has 0 aliphatic heterocycles. The number of methoxy groups -OCH3 is 1. The van der Waals surface area contributed by atoms with Gasteiger partial charge in [-0.1, -0.05) is 34.8 Å². The fourth-order valence-electron chi connectivity index (χ4n) is 4.39. The first kappa shape index (κ1) is 28.6. The Balaban J connectivity index is 1.53. The van der Waals surface area contributed by atoms with E-state index in [1.807, 2.05) is 12.4 Å². The lowest BCUT2D eigenvalue weighted by molar-refractivity contribution is 0.0818. The van der Waals surface area contributed by atoms with Crippen LogP contribution in [-0.2, 0) is 6.54 Å². The molecule has 12 heteroatoms. The zero-order chi connectivity index (χ0) is 27.4. The summed E-state index contributed by atoms with van der Waals surface area (Å²) < 4.78 is 5.42. The van der Waals surface area contributed by atoms with Crippen LogP contribution in [0.15, 0.2) is 35.8 Å². The van der Waals surface area contributed by atoms with Crippen LogP contribution in [0, 0.1) is 0 Å². The van der Waals surface area contributed by atoms with E-state index in [9.17, 15) is 14.7 Å². The van der Waals surface area contributed by atoms with Crippen LogP contribution in [0.25, 0.3) is 0 Å². The lowest BCUT2D eigenvalue weighted by atomic mass is 9.92. The molecule has 1 saturated carbocycles. The topological polar surface area (TPSA) is 104 Å². The van der Waals surface area contributed by atoms with E-state index in [0.717, 1.165) is 31.2 Å². The molecule has 1 aliphatic carbocycles. The van der Waals surface area contributed by atoms with Crippen LogP contribution in [0.3, 0.4) is 0 Å². The maximum atomic E-state index is 13.3. The number of pyridine rings is 1. The number of rotatable bonds is 8. The highest BCUT2D eigenvalue weighted by Gasteiger charge is 2.26. The summed E-state index contributed by atoms with van der Waals surface area (Å²) in [6.07, 6.45) is 4.59. The summed E-state index contributed by atoms with van der Waals surface area (Å²) in [4.78, 5) is 33.0. The molecule has 0 unspecified atom stereocenters. The van der Waals surface area contributed by atoms with Gasteiger partial charge in [-0.05, 0) is 61.9 Å². The Hall–Kier alpha value is -2.40. The lowest BCUT2D eigenvalue weighted by Crippen LogP contribution is -2.35. The van der Waals surface area contributed by atoms with Gasteiger partial charge in [-0.2, -0.15) is 0 Å². The number of nitrogens with one attached hydrogen (secondary N) is 2. The number of thiophene rings is 1. The predicted octanol–water partition coefficient (Wildman–Crippen LogP) is 6.35. The minimum Gasteiger partial charge on any atom is -0.494 e. The number of benzene rings is 1. The van der Waals surface area contributed by atoms with Crippen molar-refractivity contribution in [1.29, 1.82) is 0 Å². The lowest BCUT2D eigenvalue weighted by Gasteiger charge is -2.33. The normalized spacial score (nSPS) is 17.3. The van der Waals surface area contributed by atoms with Gasteiger partial charge in [-0.15, -0.1) is 11.3 Å². The highest BCUT2D eigenvalue weighted by atomic mass is 35.5. The SMILES string of the molecule is COc1cc(Cl)cc(C(=O)Nc2ccc(Cl)cn2)c1NC(=O)c1scc(CN(C)C2CCC(O)CC2)c1Cl. The van der Waals surface area contributed by atoms with Gasteiger partial charge in [-0.25, -0.2) is 4.98 Å². The van der Waals surface area contributed by atoms with Crippen LogP contribution in [-0.4, -0.2) is 53.1 Å². The van der Waals surface area contributed by atoms with Gasteiger partial charge >= 0.3 is 0 Å². The molecule has 0 atom stereocenters.